The number of nitrogens with one attached hydrogen (secondary N) is 1. The van der Waals surface area contributed by atoms with Crippen LogP contribution in [-0.2, 0) is 5.75 Å². The molecule has 1 N–H and O–H groups in total. The molecule has 4 heteroatoms. The number of benzene rings is 1. The smallest absolute Gasteiger partial charge is 0.129 e. The number of pyridine rings is 1. The van der Waals surface area contributed by atoms with Crippen LogP contribution in [0.5, 0.6) is 0 Å². The Bertz CT molecular complexity index is 559. The van der Waals surface area contributed by atoms with Crippen LogP contribution in [0.2, 0.25) is 0 Å². The topological polar surface area (TPSA) is 24.9 Å². The van der Waals surface area contributed by atoms with Gasteiger partial charge in [0.25, 0.3) is 0 Å². The molecule has 3 rings (SSSR count). The highest BCUT2D eigenvalue weighted by atomic mass is 79.9. The van der Waals surface area contributed by atoms with Crippen LogP contribution < -0.4 is 5.32 Å². The minimum atomic E-state index is 0.362. The van der Waals surface area contributed by atoms with E-state index in [0.29, 0.717) is 6.04 Å². The average Bonchev–Trinajstić information content (AvgIpc) is 2.42. The summed E-state index contributed by atoms with van der Waals surface area (Å²) in [6, 6.07) is 13.0. The Balaban J connectivity index is 1.89. The van der Waals surface area contributed by atoms with E-state index in [0.717, 1.165) is 21.8 Å². The van der Waals surface area contributed by atoms with Crippen molar-refractivity contribution >= 4 is 33.4 Å². The molecule has 1 aliphatic rings. The molecule has 0 amide bonds. The molecule has 0 aliphatic carbocycles. The van der Waals surface area contributed by atoms with Gasteiger partial charge in [0.15, 0.2) is 0 Å². The second-order valence-electron chi connectivity index (χ2n) is 4.25. The van der Waals surface area contributed by atoms with Gasteiger partial charge in [0, 0.05) is 17.7 Å². The molecule has 2 heterocycles. The zero-order valence-corrected chi connectivity index (χ0v) is 12.2. The van der Waals surface area contributed by atoms with Crippen molar-refractivity contribution in [2.45, 2.75) is 11.8 Å². The van der Waals surface area contributed by atoms with Gasteiger partial charge in [0.05, 0.1) is 11.7 Å². The number of hydrogen-bond donors (Lipinski definition) is 1. The third kappa shape index (κ3) is 2.40. The Labute approximate surface area is 119 Å². The monoisotopic (exact) mass is 320 g/mol. The van der Waals surface area contributed by atoms with Gasteiger partial charge in [0.2, 0.25) is 0 Å². The van der Waals surface area contributed by atoms with Crippen molar-refractivity contribution in [2.75, 3.05) is 11.1 Å². The number of nitrogens with zero attached hydrogens (tertiary/aromatic N) is 1. The maximum atomic E-state index is 4.25. The Morgan fingerprint density at radius 2 is 2.11 bits per heavy atom. The van der Waals surface area contributed by atoms with Gasteiger partial charge in [-0.25, -0.2) is 4.98 Å². The third-order valence-electron chi connectivity index (χ3n) is 3.06. The third-order valence-corrected chi connectivity index (χ3v) is 4.78. The summed E-state index contributed by atoms with van der Waals surface area (Å²) in [6.07, 6.45) is 1.79. The first-order valence-corrected chi connectivity index (χ1v) is 7.82. The molecule has 0 bridgehead atoms. The van der Waals surface area contributed by atoms with Crippen molar-refractivity contribution < 1.29 is 0 Å². The molecule has 0 spiro atoms. The van der Waals surface area contributed by atoms with Crippen molar-refractivity contribution in [1.82, 2.24) is 4.98 Å². The first-order valence-electron chi connectivity index (χ1n) is 5.87. The van der Waals surface area contributed by atoms with Gasteiger partial charge in [-0.1, -0.05) is 24.3 Å². The fourth-order valence-corrected chi connectivity index (χ4v) is 3.65. The Kier molecular flexibility index (Phi) is 3.57. The maximum absolute atomic E-state index is 4.25. The van der Waals surface area contributed by atoms with Crippen LogP contribution in [0.4, 0.5) is 5.69 Å². The van der Waals surface area contributed by atoms with E-state index in [4.69, 9.17) is 0 Å². The van der Waals surface area contributed by atoms with E-state index in [1.807, 2.05) is 17.8 Å². The Morgan fingerprint density at radius 1 is 1.22 bits per heavy atom. The summed E-state index contributed by atoms with van der Waals surface area (Å²) in [6.45, 7) is 0. The van der Waals surface area contributed by atoms with E-state index in [1.54, 1.807) is 6.20 Å². The van der Waals surface area contributed by atoms with Crippen LogP contribution in [0.25, 0.3) is 0 Å². The average molecular weight is 321 g/mol. The second-order valence-corrected chi connectivity index (χ2v) is 6.03. The van der Waals surface area contributed by atoms with E-state index < -0.39 is 0 Å². The lowest BCUT2D eigenvalue weighted by atomic mass is 10.0. The van der Waals surface area contributed by atoms with Crippen LogP contribution in [0.1, 0.15) is 17.2 Å². The number of halogens is 1. The number of thioether (sulfide) groups is 1. The summed E-state index contributed by atoms with van der Waals surface area (Å²) in [5.41, 5.74) is 3.90. The van der Waals surface area contributed by atoms with Gasteiger partial charge in [0.1, 0.15) is 4.60 Å². The van der Waals surface area contributed by atoms with Crippen molar-refractivity contribution in [3.8, 4) is 0 Å². The Morgan fingerprint density at radius 3 is 3.00 bits per heavy atom. The lowest BCUT2D eigenvalue weighted by molar-refractivity contribution is 0.868. The molecule has 1 atom stereocenters. The molecule has 92 valence electrons. The molecular weight excluding hydrogens is 308 g/mol. The van der Waals surface area contributed by atoms with E-state index in [9.17, 15) is 0 Å². The van der Waals surface area contributed by atoms with Crippen molar-refractivity contribution in [3.05, 3.63) is 58.3 Å². The summed E-state index contributed by atoms with van der Waals surface area (Å²) >= 11 is 5.46. The molecule has 2 aromatic rings. The number of hydrogen-bond acceptors (Lipinski definition) is 3. The summed E-state index contributed by atoms with van der Waals surface area (Å²) in [5, 5.41) is 3.58. The number of rotatable bonds is 2. The minimum Gasteiger partial charge on any atom is -0.375 e. The van der Waals surface area contributed by atoms with Crippen LogP contribution in [0.3, 0.4) is 0 Å². The van der Waals surface area contributed by atoms with Gasteiger partial charge in [-0.2, -0.15) is 11.8 Å². The molecule has 1 aliphatic heterocycles. The highest BCUT2D eigenvalue weighted by Gasteiger charge is 2.20. The van der Waals surface area contributed by atoms with Crippen LogP contribution >= 0.6 is 27.7 Å². The second kappa shape index (κ2) is 5.33. The van der Waals surface area contributed by atoms with E-state index in [-0.39, 0.29) is 0 Å². The predicted molar refractivity (Wildman–Crippen MR) is 80.9 cm³/mol. The van der Waals surface area contributed by atoms with E-state index in [2.05, 4.69) is 56.6 Å². The van der Waals surface area contributed by atoms with Crippen molar-refractivity contribution in [1.29, 1.82) is 0 Å². The van der Waals surface area contributed by atoms with E-state index in [1.165, 1.54) is 11.1 Å². The summed E-state index contributed by atoms with van der Waals surface area (Å²) in [5.74, 6) is 2.21. The predicted octanol–water partition coefficient (Wildman–Crippen LogP) is 4.24. The van der Waals surface area contributed by atoms with Gasteiger partial charge in [-0.15, -0.1) is 0 Å². The fourth-order valence-electron chi connectivity index (χ4n) is 2.18. The highest BCUT2D eigenvalue weighted by molar-refractivity contribution is 9.10. The molecule has 2 nitrogen and oxygen atoms in total. The van der Waals surface area contributed by atoms with Gasteiger partial charge in [-0.05, 0) is 39.2 Å². The van der Waals surface area contributed by atoms with Crippen LogP contribution in [0, 0.1) is 0 Å². The molecule has 1 unspecified atom stereocenters. The molecular formula is C14H13BrN2S. The zero-order chi connectivity index (χ0) is 12.4. The molecule has 1 aromatic carbocycles. The quantitative estimate of drug-likeness (QED) is 0.837. The van der Waals surface area contributed by atoms with Crippen LogP contribution in [0.15, 0.2) is 47.2 Å². The first-order chi connectivity index (χ1) is 8.84. The summed E-state index contributed by atoms with van der Waals surface area (Å²) < 4.78 is 0.873. The van der Waals surface area contributed by atoms with Crippen molar-refractivity contribution in [2.24, 2.45) is 0 Å². The molecule has 0 saturated carbocycles. The number of fused-ring (bicyclic) bond motifs is 1. The largest absolute Gasteiger partial charge is 0.375 e. The SMILES string of the molecule is Brc1ncccc1NC1CSCc2ccccc21. The molecule has 1 aromatic heterocycles. The molecule has 0 saturated heterocycles. The van der Waals surface area contributed by atoms with Crippen LogP contribution in [-0.4, -0.2) is 10.7 Å². The molecule has 0 fully saturated rings. The summed E-state index contributed by atoms with van der Waals surface area (Å²) in [7, 11) is 0. The normalized spacial score (nSPS) is 18.2. The van der Waals surface area contributed by atoms with Gasteiger partial charge >= 0.3 is 0 Å². The number of aromatic nitrogens is 1. The number of anilines is 1. The van der Waals surface area contributed by atoms with Gasteiger partial charge in [-0.3, -0.25) is 0 Å². The lowest BCUT2D eigenvalue weighted by Gasteiger charge is -2.27. The van der Waals surface area contributed by atoms with E-state index >= 15 is 0 Å². The zero-order valence-electron chi connectivity index (χ0n) is 9.77. The highest BCUT2D eigenvalue weighted by Crippen LogP contribution is 2.34. The van der Waals surface area contributed by atoms with Crippen molar-refractivity contribution in [3.63, 3.8) is 0 Å². The standard InChI is InChI=1S/C14H13BrN2S/c15-14-12(6-3-7-16-14)17-13-9-18-8-10-4-1-2-5-11(10)13/h1-7,13,17H,8-9H2. The molecule has 18 heavy (non-hydrogen) atoms. The Hall–Kier alpha value is -1.00. The first kappa shape index (κ1) is 12.1. The lowest BCUT2D eigenvalue weighted by Crippen LogP contribution is -2.19. The fraction of sp³-hybridized carbons (Fsp3) is 0.214. The van der Waals surface area contributed by atoms with Gasteiger partial charge < -0.3 is 5.32 Å². The molecule has 0 radical (unpaired) electrons. The maximum Gasteiger partial charge on any atom is 0.129 e. The summed E-state index contributed by atoms with van der Waals surface area (Å²) in [4.78, 5) is 4.25. The minimum absolute atomic E-state index is 0.362.